The molecule has 1 aromatic carbocycles. The van der Waals surface area contributed by atoms with E-state index in [0.717, 1.165) is 5.56 Å². The molecule has 1 saturated heterocycles. The summed E-state index contributed by atoms with van der Waals surface area (Å²) in [4.78, 5) is 0. The normalized spacial score (nSPS) is 26.6. The lowest BCUT2D eigenvalue weighted by atomic mass is 9.84. The molecule has 1 unspecified atom stereocenters. The lowest BCUT2D eigenvalue weighted by Crippen LogP contribution is -2.47. The molecule has 20 heavy (non-hydrogen) atoms. The van der Waals surface area contributed by atoms with Crippen LogP contribution in [0.4, 0.5) is 0 Å². The van der Waals surface area contributed by atoms with Crippen molar-refractivity contribution in [2.45, 2.75) is 31.0 Å². The van der Waals surface area contributed by atoms with Crippen molar-refractivity contribution in [3.05, 3.63) is 23.8 Å². The van der Waals surface area contributed by atoms with E-state index in [1.807, 2.05) is 0 Å². The summed E-state index contributed by atoms with van der Waals surface area (Å²) < 4.78 is 34.4. The Morgan fingerprint density at radius 3 is 2.70 bits per heavy atom. The van der Waals surface area contributed by atoms with Gasteiger partial charge in [0, 0.05) is 30.9 Å². The number of aliphatic hydroxyl groups is 1. The van der Waals surface area contributed by atoms with Gasteiger partial charge in [0.25, 0.3) is 0 Å². The third kappa shape index (κ3) is 2.38. The summed E-state index contributed by atoms with van der Waals surface area (Å²) in [6, 6.07) is 5.34. The van der Waals surface area contributed by atoms with E-state index in [-0.39, 0.29) is 11.5 Å². The fraction of sp³-hybridized carbons (Fsp3) is 0.571. The average Bonchev–Trinajstić information content (AvgIpc) is 2.42. The van der Waals surface area contributed by atoms with Gasteiger partial charge in [0.2, 0.25) is 0 Å². The molecule has 0 radical (unpaired) electrons. The summed E-state index contributed by atoms with van der Waals surface area (Å²) in [5.74, 6) is 1.51. The molecule has 2 aliphatic heterocycles. The molecule has 2 aliphatic rings. The van der Waals surface area contributed by atoms with Gasteiger partial charge >= 0.3 is 0 Å². The minimum Gasteiger partial charge on any atom is -0.497 e. The molecule has 1 spiro atoms. The van der Waals surface area contributed by atoms with Crippen molar-refractivity contribution in [2.75, 3.05) is 18.6 Å². The van der Waals surface area contributed by atoms with Gasteiger partial charge in [-0.05, 0) is 12.1 Å². The van der Waals surface area contributed by atoms with Crippen molar-refractivity contribution in [1.82, 2.24) is 0 Å². The number of ether oxygens (including phenoxy) is 2. The van der Waals surface area contributed by atoms with E-state index in [9.17, 15) is 13.5 Å². The number of sulfone groups is 1. The minimum atomic E-state index is -2.95. The molecule has 5 nitrogen and oxygen atoms in total. The number of hydrogen-bond donors (Lipinski definition) is 1. The molecule has 0 saturated carbocycles. The molecule has 0 aliphatic carbocycles. The Bertz CT molecular complexity index is 608. The van der Waals surface area contributed by atoms with Gasteiger partial charge in [0.05, 0.1) is 24.7 Å². The number of rotatable bonds is 1. The fourth-order valence-electron chi connectivity index (χ4n) is 2.96. The van der Waals surface area contributed by atoms with E-state index in [1.165, 1.54) is 0 Å². The van der Waals surface area contributed by atoms with Crippen molar-refractivity contribution >= 4 is 9.84 Å². The van der Waals surface area contributed by atoms with Gasteiger partial charge in [-0.25, -0.2) is 8.42 Å². The second kappa shape index (κ2) is 4.63. The fourth-order valence-corrected chi connectivity index (χ4v) is 4.53. The van der Waals surface area contributed by atoms with Gasteiger partial charge in [-0.1, -0.05) is 0 Å². The van der Waals surface area contributed by atoms with Gasteiger partial charge in [-0.15, -0.1) is 0 Å². The van der Waals surface area contributed by atoms with Gasteiger partial charge in [-0.2, -0.15) is 0 Å². The standard InChI is InChI=1S/C14H18O5S/c1-18-10-2-3-11-12(15)9-14(19-13(11)8-10)4-6-20(16,17)7-5-14/h2-3,8,12,15H,4-7,9H2,1H3. The molecule has 6 heteroatoms. The number of hydrogen-bond acceptors (Lipinski definition) is 5. The third-order valence-electron chi connectivity index (χ3n) is 4.21. The van der Waals surface area contributed by atoms with Crippen LogP contribution in [0.15, 0.2) is 18.2 Å². The Kier molecular flexibility index (Phi) is 3.17. The number of fused-ring (bicyclic) bond motifs is 1. The molecular weight excluding hydrogens is 280 g/mol. The Morgan fingerprint density at radius 1 is 1.35 bits per heavy atom. The number of benzene rings is 1. The first-order valence-corrected chi connectivity index (χ1v) is 8.51. The topological polar surface area (TPSA) is 72.8 Å². The zero-order chi connectivity index (χ0) is 14.4. The van der Waals surface area contributed by atoms with Crippen molar-refractivity contribution in [3.63, 3.8) is 0 Å². The SMILES string of the molecule is COc1ccc2c(c1)OC1(CCS(=O)(=O)CC1)CC2O. The zero-order valence-corrected chi connectivity index (χ0v) is 12.1. The second-order valence-corrected chi connectivity index (χ2v) is 7.86. The molecule has 1 fully saturated rings. The van der Waals surface area contributed by atoms with Crippen LogP contribution in [0.1, 0.15) is 30.9 Å². The largest absolute Gasteiger partial charge is 0.497 e. The first-order chi connectivity index (χ1) is 9.43. The summed E-state index contributed by atoms with van der Waals surface area (Å²) in [5, 5.41) is 10.3. The monoisotopic (exact) mass is 298 g/mol. The maximum atomic E-state index is 11.6. The van der Waals surface area contributed by atoms with Crippen LogP contribution < -0.4 is 9.47 Å². The molecule has 1 N–H and O–H groups in total. The Labute approximate surface area is 118 Å². The molecular formula is C14H18O5S. The minimum absolute atomic E-state index is 0.124. The van der Waals surface area contributed by atoms with E-state index in [1.54, 1.807) is 25.3 Å². The van der Waals surface area contributed by atoms with Crippen molar-refractivity contribution in [2.24, 2.45) is 0 Å². The van der Waals surface area contributed by atoms with E-state index in [2.05, 4.69) is 0 Å². The molecule has 1 atom stereocenters. The Morgan fingerprint density at radius 2 is 2.05 bits per heavy atom. The van der Waals surface area contributed by atoms with Crippen LogP contribution in [-0.2, 0) is 9.84 Å². The van der Waals surface area contributed by atoms with E-state index in [4.69, 9.17) is 9.47 Å². The van der Waals surface area contributed by atoms with Crippen LogP contribution in [0.2, 0.25) is 0 Å². The molecule has 0 amide bonds. The highest BCUT2D eigenvalue weighted by atomic mass is 32.2. The average molecular weight is 298 g/mol. The third-order valence-corrected chi connectivity index (χ3v) is 5.86. The highest BCUT2D eigenvalue weighted by Crippen LogP contribution is 2.45. The molecule has 2 heterocycles. The smallest absolute Gasteiger partial charge is 0.150 e. The maximum Gasteiger partial charge on any atom is 0.150 e. The maximum absolute atomic E-state index is 11.6. The van der Waals surface area contributed by atoms with Crippen molar-refractivity contribution in [1.29, 1.82) is 0 Å². The zero-order valence-electron chi connectivity index (χ0n) is 11.3. The summed E-state index contributed by atoms with van der Waals surface area (Å²) >= 11 is 0. The van der Waals surface area contributed by atoms with Crippen LogP contribution in [0.25, 0.3) is 0 Å². The van der Waals surface area contributed by atoms with Crippen LogP contribution in [0.5, 0.6) is 11.5 Å². The van der Waals surface area contributed by atoms with E-state index >= 15 is 0 Å². The van der Waals surface area contributed by atoms with Crippen molar-refractivity contribution < 1.29 is 23.0 Å². The second-order valence-electron chi connectivity index (χ2n) is 5.56. The van der Waals surface area contributed by atoms with Gasteiger partial charge < -0.3 is 14.6 Å². The molecule has 1 aromatic rings. The van der Waals surface area contributed by atoms with E-state index in [0.29, 0.717) is 30.8 Å². The highest BCUT2D eigenvalue weighted by Gasteiger charge is 2.44. The van der Waals surface area contributed by atoms with Gasteiger partial charge in [0.1, 0.15) is 17.1 Å². The van der Waals surface area contributed by atoms with Crippen molar-refractivity contribution in [3.8, 4) is 11.5 Å². The first kappa shape index (κ1) is 13.7. The number of aliphatic hydroxyl groups excluding tert-OH is 1. The quantitative estimate of drug-likeness (QED) is 0.849. The number of methoxy groups -OCH3 is 1. The van der Waals surface area contributed by atoms with Crippen LogP contribution in [0.3, 0.4) is 0 Å². The highest BCUT2D eigenvalue weighted by molar-refractivity contribution is 7.91. The van der Waals surface area contributed by atoms with Crippen LogP contribution in [-0.4, -0.2) is 37.7 Å². The Hall–Kier alpha value is -1.27. The summed E-state index contributed by atoms with van der Waals surface area (Å²) in [7, 11) is -1.38. The summed E-state index contributed by atoms with van der Waals surface area (Å²) in [6.07, 6.45) is 0.693. The van der Waals surface area contributed by atoms with Gasteiger partial charge in [0.15, 0.2) is 9.84 Å². The molecule has 3 rings (SSSR count). The van der Waals surface area contributed by atoms with Gasteiger partial charge in [-0.3, -0.25) is 0 Å². The molecule has 0 aromatic heterocycles. The predicted molar refractivity (Wildman–Crippen MR) is 73.8 cm³/mol. The van der Waals surface area contributed by atoms with E-state index < -0.39 is 21.5 Å². The van der Waals surface area contributed by atoms with Crippen LogP contribution >= 0.6 is 0 Å². The molecule has 0 bridgehead atoms. The summed E-state index contributed by atoms with van der Waals surface area (Å²) in [6.45, 7) is 0. The molecule has 110 valence electrons. The predicted octanol–water partition coefficient (Wildman–Crippen LogP) is 1.46. The summed E-state index contributed by atoms with van der Waals surface area (Å²) in [5.41, 5.74) is 0.175. The van der Waals surface area contributed by atoms with Crippen LogP contribution in [0, 0.1) is 0 Å². The lowest BCUT2D eigenvalue weighted by molar-refractivity contribution is -0.0209. The first-order valence-electron chi connectivity index (χ1n) is 6.69. The Balaban J connectivity index is 1.91. The lowest BCUT2D eigenvalue weighted by Gasteiger charge is -2.43.